The van der Waals surface area contributed by atoms with E-state index in [2.05, 4.69) is 44.3 Å². The first-order chi connectivity index (χ1) is 15.2. The second-order valence-electron chi connectivity index (χ2n) is 8.86. The number of aromatic nitrogens is 2. The van der Waals surface area contributed by atoms with Crippen LogP contribution in [0.2, 0.25) is 0 Å². The Labute approximate surface area is 185 Å². The molecule has 7 nitrogen and oxygen atoms in total. The van der Waals surface area contributed by atoms with Gasteiger partial charge in [0.1, 0.15) is 0 Å². The molecule has 2 aromatic rings. The zero-order valence-electron chi connectivity index (χ0n) is 18.7. The largest absolute Gasteiger partial charge is 0.372 e. The van der Waals surface area contributed by atoms with Crippen LogP contribution in [0.15, 0.2) is 28.8 Å². The number of carbonyl (C=O) groups is 1. The molecule has 0 unspecified atom stereocenters. The molecular formula is C24H35N5O2. The summed E-state index contributed by atoms with van der Waals surface area (Å²) < 4.78 is 5.22. The molecule has 168 valence electrons. The van der Waals surface area contributed by atoms with Crippen molar-refractivity contribution < 1.29 is 9.32 Å². The third-order valence-corrected chi connectivity index (χ3v) is 6.58. The molecule has 1 aromatic carbocycles. The first-order valence-corrected chi connectivity index (χ1v) is 11.9. The van der Waals surface area contributed by atoms with Gasteiger partial charge in [0.25, 0.3) is 0 Å². The quantitative estimate of drug-likeness (QED) is 0.720. The van der Waals surface area contributed by atoms with Crippen molar-refractivity contribution in [3.8, 4) is 11.4 Å². The number of anilines is 1. The lowest BCUT2D eigenvalue weighted by molar-refractivity contribution is 0.0904. The summed E-state index contributed by atoms with van der Waals surface area (Å²) in [6.45, 7) is 7.41. The summed E-state index contributed by atoms with van der Waals surface area (Å²) in [4.78, 5) is 21.7. The molecule has 31 heavy (non-hydrogen) atoms. The van der Waals surface area contributed by atoms with Crippen LogP contribution in [0.1, 0.15) is 69.0 Å². The third-order valence-electron chi connectivity index (χ3n) is 6.58. The molecule has 7 heteroatoms. The van der Waals surface area contributed by atoms with E-state index in [-0.39, 0.29) is 11.8 Å². The Balaban J connectivity index is 1.27. The fourth-order valence-corrected chi connectivity index (χ4v) is 4.60. The van der Waals surface area contributed by atoms with Crippen molar-refractivity contribution in [3.63, 3.8) is 0 Å². The summed E-state index contributed by atoms with van der Waals surface area (Å²) in [6.07, 6.45) is 9.97. The van der Waals surface area contributed by atoms with Crippen LogP contribution in [0, 0.1) is 0 Å². The highest BCUT2D eigenvalue weighted by Crippen LogP contribution is 2.23. The predicted molar refractivity (Wildman–Crippen MR) is 122 cm³/mol. The number of nitrogens with one attached hydrogen (secondary N) is 1. The van der Waals surface area contributed by atoms with Crippen LogP contribution >= 0.6 is 0 Å². The lowest BCUT2D eigenvalue weighted by Gasteiger charge is -2.28. The molecule has 2 saturated heterocycles. The zero-order chi connectivity index (χ0) is 21.5. The predicted octanol–water partition coefficient (Wildman–Crippen LogP) is 4.11. The van der Waals surface area contributed by atoms with Crippen LogP contribution in [-0.2, 0) is 0 Å². The van der Waals surface area contributed by atoms with Crippen molar-refractivity contribution in [2.45, 2.75) is 64.3 Å². The topological polar surface area (TPSA) is 74.5 Å². The van der Waals surface area contributed by atoms with Crippen molar-refractivity contribution >= 4 is 11.6 Å². The fraction of sp³-hybridized carbons (Fsp3) is 0.625. The molecule has 1 atom stereocenters. The van der Waals surface area contributed by atoms with Gasteiger partial charge in [-0.2, -0.15) is 4.98 Å². The maximum Gasteiger partial charge on any atom is 0.316 e. The lowest BCUT2D eigenvalue weighted by atomic mass is 10.1. The zero-order valence-corrected chi connectivity index (χ0v) is 18.7. The van der Waals surface area contributed by atoms with Crippen LogP contribution in [0.25, 0.3) is 11.4 Å². The van der Waals surface area contributed by atoms with E-state index in [0.29, 0.717) is 18.4 Å². The number of piperidine rings is 1. The summed E-state index contributed by atoms with van der Waals surface area (Å²) in [5, 5.41) is 6.94. The smallest absolute Gasteiger partial charge is 0.316 e. The lowest BCUT2D eigenvalue weighted by Crippen LogP contribution is -2.37. The SMILES string of the molecule is C[C@H](CCNC(=O)c1nc(-c2ccc(N3CCCCC3)cc2)no1)N1CCCCCC1. The average molecular weight is 426 g/mol. The number of hydrogen-bond acceptors (Lipinski definition) is 6. The number of hydrogen-bond donors (Lipinski definition) is 1. The van der Waals surface area contributed by atoms with Gasteiger partial charge < -0.3 is 19.6 Å². The highest BCUT2D eigenvalue weighted by molar-refractivity contribution is 5.89. The van der Waals surface area contributed by atoms with E-state index in [4.69, 9.17) is 4.52 Å². The summed E-state index contributed by atoms with van der Waals surface area (Å²) in [7, 11) is 0. The Morgan fingerprint density at radius 2 is 1.65 bits per heavy atom. The highest BCUT2D eigenvalue weighted by Gasteiger charge is 2.19. The summed E-state index contributed by atoms with van der Waals surface area (Å²) in [5.74, 6) is 0.178. The van der Waals surface area contributed by atoms with E-state index in [1.807, 2.05) is 12.1 Å². The maximum absolute atomic E-state index is 12.4. The monoisotopic (exact) mass is 425 g/mol. The van der Waals surface area contributed by atoms with Gasteiger partial charge in [-0.25, -0.2) is 0 Å². The fourth-order valence-electron chi connectivity index (χ4n) is 4.60. The van der Waals surface area contributed by atoms with Gasteiger partial charge in [0.2, 0.25) is 5.82 Å². The summed E-state index contributed by atoms with van der Waals surface area (Å²) >= 11 is 0. The summed E-state index contributed by atoms with van der Waals surface area (Å²) in [5.41, 5.74) is 2.08. The van der Waals surface area contributed by atoms with Crippen molar-refractivity contribution in [2.75, 3.05) is 37.6 Å². The Morgan fingerprint density at radius 3 is 2.35 bits per heavy atom. The normalized spacial score (nSPS) is 19.1. The van der Waals surface area contributed by atoms with Crippen LogP contribution < -0.4 is 10.2 Å². The number of amides is 1. The van der Waals surface area contributed by atoms with Crippen LogP contribution in [-0.4, -0.2) is 59.7 Å². The number of likely N-dealkylation sites (tertiary alicyclic amines) is 1. The van der Waals surface area contributed by atoms with E-state index >= 15 is 0 Å². The molecule has 4 rings (SSSR count). The van der Waals surface area contributed by atoms with Crippen LogP contribution in [0.3, 0.4) is 0 Å². The molecule has 0 aliphatic carbocycles. The Bertz CT molecular complexity index is 821. The van der Waals surface area contributed by atoms with Gasteiger partial charge in [-0.3, -0.25) is 4.79 Å². The minimum absolute atomic E-state index is 0.0255. The minimum Gasteiger partial charge on any atom is -0.372 e. The standard InChI is InChI=1S/C24H35N5O2/c1-19(28-15-5-2-3-6-16-28)13-14-25-23(30)24-26-22(27-31-24)20-9-11-21(12-10-20)29-17-7-4-8-18-29/h9-12,19H,2-8,13-18H2,1H3,(H,25,30)/t19-/m1/s1. The number of nitrogens with zero attached hydrogens (tertiary/aromatic N) is 4. The van der Waals surface area contributed by atoms with Gasteiger partial charge in [0.15, 0.2) is 0 Å². The van der Waals surface area contributed by atoms with Gasteiger partial charge in [0, 0.05) is 36.9 Å². The molecule has 2 fully saturated rings. The van der Waals surface area contributed by atoms with Crippen molar-refractivity contribution in [1.29, 1.82) is 0 Å². The van der Waals surface area contributed by atoms with Crippen molar-refractivity contribution in [3.05, 3.63) is 30.2 Å². The minimum atomic E-state index is -0.299. The Kier molecular flexibility index (Phi) is 7.57. The molecule has 0 bridgehead atoms. The summed E-state index contributed by atoms with van der Waals surface area (Å²) in [6, 6.07) is 8.66. The van der Waals surface area contributed by atoms with E-state index in [1.165, 1.54) is 63.7 Å². The van der Waals surface area contributed by atoms with Crippen LogP contribution in [0.4, 0.5) is 5.69 Å². The number of carbonyl (C=O) groups excluding carboxylic acids is 1. The third kappa shape index (κ3) is 5.85. The number of rotatable bonds is 7. The first kappa shape index (κ1) is 21.8. The van der Waals surface area contributed by atoms with Gasteiger partial charge in [-0.1, -0.05) is 18.0 Å². The van der Waals surface area contributed by atoms with E-state index in [9.17, 15) is 4.79 Å². The molecule has 1 N–H and O–H groups in total. The molecular weight excluding hydrogens is 390 g/mol. The van der Waals surface area contributed by atoms with Gasteiger partial charge in [-0.05, 0) is 82.8 Å². The molecule has 0 radical (unpaired) electrons. The molecule has 1 amide bonds. The molecule has 0 saturated carbocycles. The molecule has 2 aliphatic rings. The number of benzene rings is 1. The molecule has 0 spiro atoms. The molecule has 2 aliphatic heterocycles. The maximum atomic E-state index is 12.4. The molecule has 1 aromatic heterocycles. The van der Waals surface area contributed by atoms with Gasteiger partial charge in [0.05, 0.1) is 0 Å². The van der Waals surface area contributed by atoms with Gasteiger partial charge >= 0.3 is 11.8 Å². The van der Waals surface area contributed by atoms with E-state index in [1.54, 1.807) is 0 Å². The van der Waals surface area contributed by atoms with E-state index < -0.39 is 0 Å². The van der Waals surface area contributed by atoms with Crippen LogP contribution in [0.5, 0.6) is 0 Å². The van der Waals surface area contributed by atoms with Gasteiger partial charge in [-0.15, -0.1) is 0 Å². The highest BCUT2D eigenvalue weighted by atomic mass is 16.5. The van der Waals surface area contributed by atoms with E-state index in [0.717, 1.165) is 25.1 Å². The average Bonchev–Trinajstić information content (AvgIpc) is 3.15. The Hall–Kier alpha value is -2.41. The second kappa shape index (κ2) is 10.8. The molecule has 3 heterocycles. The second-order valence-corrected chi connectivity index (χ2v) is 8.86. The van der Waals surface area contributed by atoms with Crippen molar-refractivity contribution in [1.82, 2.24) is 20.4 Å². The Morgan fingerprint density at radius 1 is 1.00 bits per heavy atom. The first-order valence-electron chi connectivity index (χ1n) is 11.9. The van der Waals surface area contributed by atoms with Crippen molar-refractivity contribution in [2.24, 2.45) is 0 Å².